The summed E-state index contributed by atoms with van der Waals surface area (Å²) < 4.78 is 6.88. The number of thiazole rings is 1. The number of hydrogen-bond acceptors (Lipinski definition) is 4. The second kappa shape index (κ2) is 5.45. The average Bonchev–Trinajstić information content (AvgIpc) is 3.01. The van der Waals surface area contributed by atoms with Gasteiger partial charge in [-0.3, -0.25) is 0 Å². The fraction of sp³-hybridized carbons (Fsp3) is 0.214. The van der Waals surface area contributed by atoms with E-state index >= 15 is 0 Å². The van der Waals surface area contributed by atoms with Gasteiger partial charge in [0.2, 0.25) is 0 Å². The third kappa shape index (κ3) is 2.73. The van der Waals surface area contributed by atoms with E-state index in [1.807, 2.05) is 29.6 Å². The van der Waals surface area contributed by atoms with E-state index in [0.717, 1.165) is 44.7 Å². The Bertz CT molecular complexity index is 704. The Morgan fingerprint density at radius 3 is 3.05 bits per heavy atom. The molecule has 2 aromatic heterocycles. The molecule has 19 heavy (non-hydrogen) atoms. The van der Waals surface area contributed by atoms with Gasteiger partial charge < -0.3 is 10.2 Å². The van der Waals surface area contributed by atoms with Crippen LogP contribution in [0.2, 0.25) is 0 Å². The van der Waals surface area contributed by atoms with Crippen molar-refractivity contribution in [2.75, 3.05) is 6.54 Å². The molecule has 0 bridgehead atoms. The molecule has 0 unspecified atom stereocenters. The number of nitrogens with zero attached hydrogens (tertiary/aromatic N) is 1. The first-order valence-electron chi connectivity index (χ1n) is 6.10. The third-order valence-electron chi connectivity index (χ3n) is 2.88. The summed E-state index contributed by atoms with van der Waals surface area (Å²) in [6.07, 6.45) is 1.91. The Kier molecular flexibility index (Phi) is 3.68. The minimum absolute atomic E-state index is 0.702. The van der Waals surface area contributed by atoms with Crippen molar-refractivity contribution in [1.82, 2.24) is 4.98 Å². The van der Waals surface area contributed by atoms with Crippen LogP contribution in [0, 0.1) is 0 Å². The largest absolute Gasteiger partial charge is 0.454 e. The molecule has 2 heterocycles. The molecular formula is C14H13BrN2OS. The Labute approximate surface area is 123 Å². The highest BCUT2D eigenvalue weighted by molar-refractivity contribution is 9.10. The molecule has 0 spiro atoms. The molecule has 0 saturated heterocycles. The number of rotatable bonds is 4. The maximum absolute atomic E-state index is 5.83. The fourth-order valence-electron chi connectivity index (χ4n) is 1.93. The normalized spacial score (nSPS) is 11.3. The maximum atomic E-state index is 5.83. The highest BCUT2D eigenvalue weighted by Gasteiger charge is 2.10. The maximum Gasteiger partial charge on any atom is 0.154 e. The Hall–Kier alpha value is -1.17. The van der Waals surface area contributed by atoms with Gasteiger partial charge in [-0.2, -0.15) is 0 Å². The molecule has 0 fully saturated rings. The molecule has 0 aliphatic heterocycles. The number of halogens is 1. The molecule has 3 aromatic rings. The van der Waals surface area contributed by atoms with Crippen LogP contribution in [0.1, 0.15) is 11.4 Å². The number of fused-ring (bicyclic) bond motifs is 1. The number of nitrogens with two attached hydrogens (primary N) is 1. The van der Waals surface area contributed by atoms with Gasteiger partial charge >= 0.3 is 0 Å². The lowest BCUT2D eigenvalue weighted by atomic mass is 10.2. The van der Waals surface area contributed by atoms with Crippen LogP contribution in [-0.4, -0.2) is 11.5 Å². The van der Waals surface area contributed by atoms with Gasteiger partial charge in [0, 0.05) is 21.7 Å². The molecule has 0 aliphatic rings. The highest BCUT2D eigenvalue weighted by Crippen LogP contribution is 2.30. The van der Waals surface area contributed by atoms with Crippen molar-refractivity contribution in [3.8, 4) is 11.5 Å². The lowest BCUT2D eigenvalue weighted by molar-refractivity contribution is 0.629. The SMILES string of the molecule is NCCCc1nc(-c2cc3cc(Br)ccc3o2)cs1. The molecule has 3 nitrogen and oxygen atoms in total. The summed E-state index contributed by atoms with van der Waals surface area (Å²) in [5.41, 5.74) is 7.30. The van der Waals surface area contributed by atoms with E-state index in [4.69, 9.17) is 10.2 Å². The van der Waals surface area contributed by atoms with Crippen LogP contribution in [0.4, 0.5) is 0 Å². The Balaban J connectivity index is 1.92. The van der Waals surface area contributed by atoms with E-state index in [2.05, 4.69) is 20.9 Å². The van der Waals surface area contributed by atoms with Crippen LogP contribution >= 0.6 is 27.3 Å². The van der Waals surface area contributed by atoms with Gasteiger partial charge in [-0.05, 0) is 37.2 Å². The van der Waals surface area contributed by atoms with Crippen LogP contribution in [0.3, 0.4) is 0 Å². The van der Waals surface area contributed by atoms with Crippen LogP contribution < -0.4 is 5.73 Å². The second-order valence-corrected chi connectivity index (χ2v) is 6.17. The predicted octanol–water partition coefficient (Wildman–Crippen LogP) is 4.21. The zero-order valence-corrected chi connectivity index (χ0v) is 12.6. The quantitative estimate of drug-likeness (QED) is 0.776. The lowest BCUT2D eigenvalue weighted by Crippen LogP contribution is -1.99. The molecule has 5 heteroatoms. The molecule has 0 saturated carbocycles. The average molecular weight is 337 g/mol. The van der Waals surface area contributed by atoms with E-state index in [0.29, 0.717) is 6.54 Å². The number of furan rings is 1. The first-order valence-corrected chi connectivity index (χ1v) is 7.77. The number of hydrogen-bond donors (Lipinski definition) is 1. The summed E-state index contributed by atoms with van der Waals surface area (Å²) in [4.78, 5) is 4.59. The van der Waals surface area contributed by atoms with E-state index in [9.17, 15) is 0 Å². The zero-order valence-electron chi connectivity index (χ0n) is 10.2. The van der Waals surface area contributed by atoms with Gasteiger partial charge in [0.25, 0.3) is 0 Å². The van der Waals surface area contributed by atoms with Gasteiger partial charge in [0.1, 0.15) is 11.3 Å². The highest BCUT2D eigenvalue weighted by atomic mass is 79.9. The van der Waals surface area contributed by atoms with Gasteiger partial charge in [0.15, 0.2) is 5.76 Å². The van der Waals surface area contributed by atoms with E-state index < -0.39 is 0 Å². The van der Waals surface area contributed by atoms with E-state index in [-0.39, 0.29) is 0 Å². The van der Waals surface area contributed by atoms with Crippen LogP contribution in [0.5, 0.6) is 0 Å². The van der Waals surface area contributed by atoms with Crippen molar-refractivity contribution in [2.24, 2.45) is 5.73 Å². The van der Waals surface area contributed by atoms with Crippen molar-refractivity contribution < 1.29 is 4.42 Å². The van der Waals surface area contributed by atoms with Crippen molar-refractivity contribution >= 4 is 38.2 Å². The van der Waals surface area contributed by atoms with Gasteiger partial charge in [0.05, 0.1) is 5.01 Å². The Morgan fingerprint density at radius 2 is 2.21 bits per heavy atom. The monoisotopic (exact) mass is 336 g/mol. The number of benzene rings is 1. The van der Waals surface area contributed by atoms with Crippen molar-refractivity contribution in [1.29, 1.82) is 0 Å². The molecule has 0 radical (unpaired) electrons. The molecule has 0 amide bonds. The summed E-state index contributed by atoms with van der Waals surface area (Å²) in [5.74, 6) is 0.823. The molecular weight excluding hydrogens is 324 g/mol. The van der Waals surface area contributed by atoms with Gasteiger partial charge in [-0.15, -0.1) is 11.3 Å². The standard InChI is InChI=1S/C14H13BrN2OS/c15-10-3-4-12-9(6-10)7-13(18-12)11-8-19-14(17-11)2-1-5-16/h3-4,6-8H,1-2,5,16H2. The van der Waals surface area contributed by atoms with Gasteiger partial charge in [-0.1, -0.05) is 15.9 Å². The first kappa shape index (κ1) is 12.8. The molecule has 98 valence electrons. The molecule has 1 aromatic carbocycles. The Morgan fingerprint density at radius 1 is 1.32 bits per heavy atom. The summed E-state index contributed by atoms with van der Waals surface area (Å²) in [5, 5.41) is 4.24. The second-order valence-electron chi connectivity index (χ2n) is 4.31. The smallest absolute Gasteiger partial charge is 0.154 e. The predicted molar refractivity (Wildman–Crippen MR) is 82.4 cm³/mol. The summed E-state index contributed by atoms with van der Waals surface area (Å²) in [6.45, 7) is 0.702. The molecule has 3 rings (SSSR count). The third-order valence-corrected chi connectivity index (χ3v) is 4.28. The minimum Gasteiger partial charge on any atom is -0.454 e. The van der Waals surface area contributed by atoms with Crippen LogP contribution in [0.25, 0.3) is 22.4 Å². The van der Waals surface area contributed by atoms with Crippen molar-refractivity contribution in [2.45, 2.75) is 12.8 Å². The first-order chi connectivity index (χ1) is 9.26. The zero-order chi connectivity index (χ0) is 13.2. The van der Waals surface area contributed by atoms with E-state index in [1.54, 1.807) is 11.3 Å². The van der Waals surface area contributed by atoms with Crippen molar-refractivity contribution in [3.63, 3.8) is 0 Å². The summed E-state index contributed by atoms with van der Waals surface area (Å²) in [6, 6.07) is 8.01. The molecule has 0 atom stereocenters. The van der Waals surface area contributed by atoms with Crippen molar-refractivity contribution in [3.05, 3.63) is 39.1 Å². The molecule has 2 N–H and O–H groups in total. The molecule has 0 aliphatic carbocycles. The number of aromatic nitrogens is 1. The summed E-state index contributed by atoms with van der Waals surface area (Å²) in [7, 11) is 0. The lowest BCUT2D eigenvalue weighted by Gasteiger charge is -1.91. The van der Waals surface area contributed by atoms with Gasteiger partial charge in [-0.25, -0.2) is 4.98 Å². The topological polar surface area (TPSA) is 52.0 Å². The van der Waals surface area contributed by atoms with Crippen LogP contribution in [-0.2, 0) is 6.42 Å². The number of aryl methyl sites for hydroxylation is 1. The minimum atomic E-state index is 0.702. The van der Waals surface area contributed by atoms with Crippen LogP contribution in [0.15, 0.2) is 38.5 Å². The van der Waals surface area contributed by atoms with E-state index in [1.165, 1.54) is 0 Å². The fourth-order valence-corrected chi connectivity index (χ4v) is 3.14. The summed E-state index contributed by atoms with van der Waals surface area (Å²) >= 11 is 5.12.